The van der Waals surface area contributed by atoms with Crippen molar-refractivity contribution in [2.75, 3.05) is 7.11 Å². The second-order valence-corrected chi connectivity index (χ2v) is 4.29. The van der Waals surface area contributed by atoms with Crippen LogP contribution in [0.15, 0.2) is 35.1 Å². The van der Waals surface area contributed by atoms with E-state index in [1.807, 2.05) is 18.2 Å². The molecule has 2 nitrogen and oxygen atoms in total. The van der Waals surface area contributed by atoms with E-state index >= 15 is 0 Å². The number of furan rings is 1. The Kier molecular flexibility index (Phi) is 2.79. The molecular weight excluding hydrogens is 220 g/mol. The molecule has 1 atom stereocenters. The van der Waals surface area contributed by atoms with Gasteiger partial charge < -0.3 is 9.15 Å². The topological polar surface area (TPSA) is 22.4 Å². The average molecular weight is 229 g/mol. The number of methoxy groups -OCH3 is 1. The van der Waals surface area contributed by atoms with Gasteiger partial charge >= 0.3 is 0 Å². The molecule has 0 aromatic carbocycles. The molecule has 0 aliphatic carbocycles. The fourth-order valence-corrected chi connectivity index (χ4v) is 2.32. The highest BCUT2D eigenvalue weighted by Crippen LogP contribution is 2.36. The van der Waals surface area contributed by atoms with E-state index in [0.717, 1.165) is 15.5 Å². The minimum absolute atomic E-state index is 0.150. The lowest BCUT2D eigenvalue weighted by Crippen LogP contribution is -1.85. The third-order valence-electron chi connectivity index (χ3n) is 1.89. The molecule has 0 spiro atoms. The minimum Gasteiger partial charge on any atom is -0.487 e. The summed E-state index contributed by atoms with van der Waals surface area (Å²) < 4.78 is 10.1. The van der Waals surface area contributed by atoms with Gasteiger partial charge in [-0.15, -0.1) is 22.9 Å². The van der Waals surface area contributed by atoms with E-state index in [1.54, 1.807) is 31.0 Å². The third kappa shape index (κ3) is 1.79. The second kappa shape index (κ2) is 4.07. The summed E-state index contributed by atoms with van der Waals surface area (Å²) in [6, 6.07) is 5.74. The first-order chi connectivity index (χ1) is 6.81. The fourth-order valence-electron chi connectivity index (χ4n) is 1.16. The molecule has 2 aromatic heterocycles. The van der Waals surface area contributed by atoms with E-state index < -0.39 is 0 Å². The zero-order valence-electron chi connectivity index (χ0n) is 7.57. The maximum absolute atomic E-state index is 6.24. The summed E-state index contributed by atoms with van der Waals surface area (Å²) in [6.07, 6.45) is 3.28. The molecule has 0 bridgehead atoms. The molecule has 0 aliphatic rings. The van der Waals surface area contributed by atoms with Crippen molar-refractivity contribution in [1.29, 1.82) is 0 Å². The lowest BCUT2D eigenvalue weighted by molar-refractivity contribution is 0.427. The Labute approximate surface area is 91.1 Å². The summed E-state index contributed by atoms with van der Waals surface area (Å²) in [6.45, 7) is 0. The second-order valence-electron chi connectivity index (χ2n) is 2.78. The number of hydrogen-bond donors (Lipinski definition) is 0. The van der Waals surface area contributed by atoms with Gasteiger partial charge in [-0.25, -0.2) is 0 Å². The molecule has 2 aromatic rings. The SMILES string of the molecule is COc1ccc(C(Cl)c2ccoc2)s1. The Morgan fingerprint density at radius 2 is 2.29 bits per heavy atom. The van der Waals surface area contributed by atoms with Gasteiger partial charge in [-0.05, 0) is 18.2 Å². The summed E-state index contributed by atoms with van der Waals surface area (Å²) in [5.41, 5.74) is 0.969. The predicted molar refractivity (Wildman–Crippen MR) is 57.3 cm³/mol. The first-order valence-electron chi connectivity index (χ1n) is 4.11. The molecule has 14 heavy (non-hydrogen) atoms. The van der Waals surface area contributed by atoms with Crippen LogP contribution in [-0.4, -0.2) is 7.11 Å². The number of rotatable bonds is 3. The quantitative estimate of drug-likeness (QED) is 0.748. The van der Waals surface area contributed by atoms with Gasteiger partial charge in [0.2, 0.25) is 0 Å². The predicted octanol–water partition coefficient (Wildman–Crippen LogP) is 3.68. The molecule has 0 saturated carbocycles. The van der Waals surface area contributed by atoms with E-state index in [0.29, 0.717) is 0 Å². The van der Waals surface area contributed by atoms with E-state index in [1.165, 1.54) is 0 Å². The molecule has 1 unspecified atom stereocenters. The van der Waals surface area contributed by atoms with Crippen molar-refractivity contribution in [1.82, 2.24) is 0 Å². The molecular formula is C10H9ClO2S. The van der Waals surface area contributed by atoms with Gasteiger partial charge in [0, 0.05) is 10.4 Å². The van der Waals surface area contributed by atoms with Crippen molar-refractivity contribution in [2.24, 2.45) is 0 Å². The molecule has 0 radical (unpaired) electrons. The largest absolute Gasteiger partial charge is 0.487 e. The van der Waals surface area contributed by atoms with Crippen LogP contribution in [0.25, 0.3) is 0 Å². The highest BCUT2D eigenvalue weighted by molar-refractivity contribution is 7.14. The average Bonchev–Trinajstić information content (AvgIpc) is 2.88. The lowest BCUT2D eigenvalue weighted by atomic mass is 10.2. The van der Waals surface area contributed by atoms with E-state index in [2.05, 4.69) is 0 Å². The summed E-state index contributed by atoms with van der Waals surface area (Å²) >= 11 is 7.78. The Morgan fingerprint density at radius 3 is 2.86 bits per heavy atom. The monoisotopic (exact) mass is 228 g/mol. The van der Waals surface area contributed by atoms with Crippen LogP contribution in [-0.2, 0) is 0 Å². The number of halogens is 1. The van der Waals surface area contributed by atoms with Gasteiger partial charge in [0.1, 0.15) is 0 Å². The number of alkyl halides is 1. The summed E-state index contributed by atoms with van der Waals surface area (Å²) in [5.74, 6) is 0. The minimum atomic E-state index is -0.150. The fraction of sp³-hybridized carbons (Fsp3) is 0.200. The van der Waals surface area contributed by atoms with Crippen LogP contribution in [0.5, 0.6) is 5.06 Å². The zero-order valence-corrected chi connectivity index (χ0v) is 9.14. The van der Waals surface area contributed by atoms with Crippen molar-refractivity contribution < 1.29 is 9.15 Å². The standard InChI is InChI=1S/C10H9ClO2S/c1-12-9-3-2-8(14-9)10(11)7-4-5-13-6-7/h2-6,10H,1H3. The van der Waals surface area contributed by atoms with Crippen LogP contribution in [0.1, 0.15) is 15.8 Å². The van der Waals surface area contributed by atoms with Gasteiger partial charge in [-0.2, -0.15) is 0 Å². The molecule has 0 N–H and O–H groups in total. The van der Waals surface area contributed by atoms with E-state index in [9.17, 15) is 0 Å². The number of ether oxygens (including phenoxy) is 1. The Hall–Kier alpha value is -0.930. The Morgan fingerprint density at radius 1 is 1.43 bits per heavy atom. The Balaban J connectivity index is 2.23. The molecule has 4 heteroatoms. The molecule has 0 aliphatic heterocycles. The summed E-state index contributed by atoms with van der Waals surface area (Å²) in [5, 5.41) is 0.719. The maximum atomic E-state index is 6.24. The highest BCUT2D eigenvalue weighted by atomic mass is 35.5. The molecule has 2 rings (SSSR count). The van der Waals surface area contributed by atoms with Crippen LogP contribution >= 0.6 is 22.9 Å². The zero-order chi connectivity index (χ0) is 9.97. The smallest absolute Gasteiger partial charge is 0.173 e. The summed E-state index contributed by atoms with van der Waals surface area (Å²) in [4.78, 5) is 1.06. The van der Waals surface area contributed by atoms with Crippen LogP contribution in [0.2, 0.25) is 0 Å². The van der Waals surface area contributed by atoms with E-state index in [4.69, 9.17) is 20.8 Å². The number of hydrogen-bond acceptors (Lipinski definition) is 3. The van der Waals surface area contributed by atoms with Crippen LogP contribution in [0, 0.1) is 0 Å². The van der Waals surface area contributed by atoms with Gasteiger partial charge in [0.15, 0.2) is 5.06 Å². The van der Waals surface area contributed by atoms with Crippen LogP contribution in [0.4, 0.5) is 0 Å². The normalized spacial score (nSPS) is 12.7. The van der Waals surface area contributed by atoms with Gasteiger partial charge in [0.05, 0.1) is 25.0 Å². The van der Waals surface area contributed by atoms with Gasteiger partial charge in [-0.1, -0.05) is 0 Å². The molecule has 0 fully saturated rings. The number of thiophene rings is 1. The lowest BCUT2D eigenvalue weighted by Gasteiger charge is -2.02. The molecule has 74 valence electrons. The molecule has 0 saturated heterocycles. The highest BCUT2D eigenvalue weighted by Gasteiger charge is 2.14. The van der Waals surface area contributed by atoms with Crippen molar-refractivity contribution in [2.45, 2.75) is 5.38 Å². The maximum Gasteiger partial charge on any atom is 0.173 e. The van der Waals surface area contributed by atoms with Crippen molar-refractivity contribution in [3.05, 3.63) is 41.2 Å². The van der Waals surface area contributed by atoms with Crippen molar-refractivity contribution >= 4 is 22.9 Å². The summed E-state index contributed by atoms with van der Waals surface area (Å²) in [7, 11) is 1.65. The van der Waals surface area contributed by atoms with Gasteiger partial charge in [0.25, 0.3) is 0 Å². The first-order valence-corrected chi connectivity index (χ1v) is 5.36. The van der Waals surface area contributed by atoms with E-state index in [-0.39, 0.29) is 5.38 Å². The van der Waals surface area contributed by atoms with Crippen LogP contribution in [0.3, 0.4) is 0 Å². The van der Waals surface area contributed by atoms with Gasteiger partial charge in [-0.3, -0.25) is 0 Å². The van der Waals surface area contributed by atoms with Crippen LogP contribution < -0.4 is 4.74 Å². The first kappa shape index (κ1) is 9.62. The molecule has 2 heterocycles. The third-order valence-corrected chi connectivity index (χ3v) is 3.62. The molecule has 0 amide bonds. The van der Waals surface area contributed by atoms with Crippen molar-refractivity contribution in [3.8, 4) is 5.06 Å². The Bertz CT molecular complexity index is 394. The van der Waals surface area contributed by atoms with Crippen molar-refractivity contribution in [3.63, 3.8) is 0 Å².